The number of ether oxygens (including phenoxy) is 3. The van der Waals surface area contributed by atoms with E-state index in [0.717, 1.165) is 36.8 Å². The van der Waals surface area contributed by atoms with Crippen molar-refractivity contribution in [1.82, 2.24) is 25.1 Å². The molecule has 2 aliphatic heterocycles. The fraction of sp³-hybridized carbons (Fsp3) is 0.417. The lowest BCUT2D eigenvalue weighted by Gasteiger charge is -2.32. The Balaban J connectivity index is 1.44. The Bertz CT molecular complexity index is 1570. The number of carboxylic acids is 1. The van der Waals surface area contributed by atoms with Gasteiger partial charge < -0.3 is 34.4 Å². The maximum Gasteiger partial charge on any atom is 0.326 e. The molecule has 1 aromatic heterocycles. The second-order valence-electron chi connectivity index (χ2n) is 11.9. The molecule has 5 rings (SSSR count). The third-order valence-electron chi connectivity index (χ3n) is 8.54. The largest absolute Gasteiger partial charge is 0.497 e. The molecular formula is C36H43N5O7. The van der Waals surface area contributed by atoms with Crippen LogP contribution in [-0.2, 0) is 16.1 Å². The molecule has 3 heterocycles. The summed E-state index contributed by atoms with van der Waals surface area (Å²) in [4.78, 5) is 52.4. The van der Waals surface area contributed by atoms with Crippen LogP contribution in [0, 0.1) is 0 Å². The quantitative estimate of drug-likeness (QED) is 0.317. The SMILES string of the molecule is COc1ccc(CN2CCCCCC=CCCC(C(=O)O)NC(=O)C3CC(Oc4cc(-c5ccccc5)nc(OC)n4)CN3C2=O)cc1. The van der Waals surface area contributed by atoms with E-state index in [1.54, 1.807) is 18.1 Å². The highest BCUT2D eigenvalue weighted by Gasteiger charge is 2.43. The zero-order chi connectivity index (χ0) is 33.9. The first kappa shape index (κ1) is 34.2. The van der Waals surface area contributed by atoms with Crippen molar-refractivity contribution in [3.8, 4) is 28.9 Å². The van der Waals surface area contributed by atoms with Gasteiger partial charge >= 0.3 is 18.0 Å². The smallest absolute Gasteiger partial charge is 0.326 e. The number of carbonyl (C=O) groups excluding carboxylic acids is 2. The van der Waals surface area contributed by atoms with Crippen molar-refractivity contribution < 1.29 is 33.7 Å². The molecule has 2 N–H and O–H groups in total. The summed E-state index contributed by atoms with van der Waals surface area (Å²) in [5, 5.41) is 12.6. The third kappa shape index (κ3) is 9.02. The van der Waals surface area contributed by atoms with Crippen molar-refractivity contribution in [2.24, 2.45) is 0 Å². The number of nitrogens with one attached hydrogen (secondary N) is 1. The van der Waals surface area contributed by atoms with Crippen LogP contribution in [0.15, 0.2) is 72.8 Å². The molecule has 3 atom stereocenters. The average Bonchev–Trinajstić information content (AvgIpc) is 3.53. The summed E-state index contributed by atoms with van der Waals surface area (Å²) >= 11 is 0. The fourth-order valence-electron chi connectivity index (χ4n) is 5.97. The maximum absolute atomic E-state index is 14.4. The number of methoxy groups -OCH3 is 2. The Labute approximate surface area is 280 Å². The third-order valence-corrected chi connectivity index (χ3v) is 8.54. The second-order valence-corrected chi connectivity index (χ2v) is 11.9. The molecule has 2 aliphatic rings. The van der Waals surface area contributed by atoms with Crippen molar-refractivity contribution in [3.63, 3.8) is 0 Å². The number of carbonyl (C=O) groups is 3. The number of hydrogen-bond donors (Lipinski definition) is 2. The number of allylic oxidation sites excluding steroid dienone is 2. The first-order chi connectivity index (χ1) is 23.3. The Morgan fingerprint density at radius 1 is 0.958 bits per heavy atom. The van der Waals surface area contributed by atoms with Crippen LogP contribution in [0.2, 0.25) is 0 Å². The molecule has 0 bridgehead atoms. The standard InChI is InChI=1S/C36H43N5O7/c1-46-27-18-16-25(17-19-27)23-40-20-12-7-5-3-4-6-11-15-29(34(43)44)37-33(42)31-21-28(24-41(31)36(40)45)48-32-22-30(38-35(39-32)47-2)26-13-9-8-10-14-26/h4,6,8-10,13-14,16-19,22,28-29,31H,3,5,7,11-12,15,20-21,23-24H2,1-2H3,(H,37,42)(H,43,44). The van der Waals surface area contributed by atoms with Crippen LogP contribution in [0.4, 0.5) is 4.79 Å². The van der Waals surface area contributed by atoms with Crippen molar-refractivity contribution in [3.05, 3.63) is 78.4 Å². The Morgan fingerprint density at radius 2 is 1.73 bits per heavy atom. The Morgan fingerprint density at radius 3 is 2.46 bits per heavy atom. The molecule has 0 aliphatic carbocycles. The average molecular weight is 658 g/mol. The molecule has 3 aromatic rings. The van der Waals surface area contributed by atoms with E-state index in [-0.39, 0.29) is 37.3 Å². The van der Waals surface area contributed by atoms with Crippen molar-refractivity contribution in [1.29, 1.82) is 0 Å². The van der Waals surface area contributed by atoms with Gasteiger partial charge in [0.05, 0.1) is 26.5 Å². The minimum Gasteiger partial charge on any atom is -0.497 e. The van der Waals surface area contributed by atoms with Gasteiger partial charge in [-0.25, -0.2) is 9.59 Å². The molecule has 0 radical (unpaired) electrons. The zero-order valence-corrected chi connectivity index (χ0v) is 27.4. The number of benzene rings is 2. The number of rotatable bonds is 8. The Kier molecular flexibility index (Phi) is 11.8. The minimum atomic E-state index is -1.12. The van der Waals surface area contributed by atoms with E-state index >= 15 is 0 Å². The molecule has 3 amide bonds. The van der Waals surface area contributed by atoms with E-state index in [0.29, 0.717) is 31.0 Å². The number of aliphatic carboxylic acids is 1. The van der Waals surface area contributed by atoms with E-state index < -0.39 is 30.1 Å². The van der Waals surface area contributed by atoms with Gasteiger partial charge in [0.25, 0.3) is 0 Å². The fourth-order valence-corrected chi connectivity index (χ4v) is 5.97. The summed E-state index contributed by atoms with van der Waals surface area (Å²) in [5.74, 6) is -0.702. The van der Waals surface area contributed by atoms with Crippen LogP contribution in [0.1, 0.15) is 50.5 Å². The predicted octanol–water partition coefficient (Wildman–Crippen LogP) is 5.08. The van der Waals surface area contributed by atoms with Crippen LogP contribution >= 0.6 is 0 Å². The van der Waals surface area contributed by atoms with Crippen LogP contribution in [0.25, 0.3) is 11.3 Å². The van der Waals surface area contributed by atoms with Crippen LogP contribution in [0.5, 0.6) is 17.6 Å². The molecule has 0 spiro atoms. The lowest BCUT2D eigenvalue weighted by atomic mass is 10.1. The predicted molar refractivity (Wildman–Crippen MR) is 179 cm³/mol. The summed E-state index contributed by atoms with van der Waals surface area (Å²) in [5.41, 5.74) is 2.36. The molecule has 2 aromatic carbocycles. The number of urea groups is 1. The molecule has 0 saturated carbocycles. The summed E-state index contributed by atoms with van der Waals surface area (Å²) in [6.45, 7) is 0.927. The van der Waals surface area contributed by atoms with E-state index in [9.17, 15) is 19.5 Å². The molecule has 48 heavy (non-hydrogen) atoms. The molecule has 254 valence electrons. The first-order valence-corrected chi connectivity index (χ1v) is 16.4. The maximum atomic E-state index is 14.4. The van der Waals surface area contributed by atoms with Gasteiger partial charge in [-0.05, 0) is 49.8 Å². The summed E-state index contributed by atoms with van der Waals surface area (Å²) < 4.78 is 17.0. The van der Waals surface area contributed by atoms with E-state index in [1.165, 1.54) is 12.0 Å². The number of carboxylic acid groups (broad SMARTS) is 1. The lowest BCUT2D eigenvalue weighted by molar-refractivity contribution is -0.142. The number of nitrogens with zero attached hydrogens (tertiary/aromatic N) is 4. The summed E-state index contributed by atoms with van der Waals surface area (Å²) in [6.07, 6.45) is 7.86. The normalized spacial score (nSPS) is 20.9. The molecule has 12 heteroatoms. The number of fused-ring (bicyclic) bond motifs is 1. The van der Waals surface area contributed by atoms with Gasteiger partial charge in [0.15, 0.2) is 0 Å². The molecule has 12 nitrogen and oxygen atoms in total. The van der Waals surface area contributed by atoms with E-state index in [2.05, 4.69) is 21.4 Å². The number of hydrogen-bond acceptors (Lipinski definition) is 8. The van der Waals surface area contributed by atoms with Crippen molar-refractivity contribution in [2.75, 3.05) is 27.3 Å². The first-order valence-electron chi connectivity index (χ1n) is 16.4. The summed E-state index contributed by atoms with van der Waals surface area (Å²) in [6, 6.07) is 16.5. The highest BCUT2D eigenvalue weighted by molar-refractivity contribution is 5.90. The number of amides is 3. The van der Waals surface area contributed by atoms with Gasteiger partial charge in [-0.3, -0.25) is 4.79 Å². The number of aromatic nitrogens is 2. The highest BCUT2D eigenvalue weighted by atomic mass is 16.5. The van der Waals surface area contributed by atoms with Gasteiger partial charge in [0, 0.05) is 31.1 Å². The second kappa shape index (κ2) is 16.6. The van der Waals surface area contributed by atoms with Crippen molar-refractivity contribution in [2.45, 2.75) is 69.7 Å². The van der Waals surface area contributed by atoms with E-state index in [4.69, 9.17) is 14.2 Å². The van der Waals surface area contributed by atoms with Crippen LogP contribution < -0.4 is 19.5 Å². The summed E-state index contributed by atoms with van der Waals surface area (Å²) in [7, 11) is 3.07. The van der Waals surface area contributed by atoms with Gasteiger partial charge in [-0.1, -0.05) is 61.0 Å². The van der Waals surface area contributed by atoms with E-state index in [1.807, 2.05) is 60.7 Å². The van der Waals surface area contributed by atoms with Gasteiger partial charge in [-0.2, -0.15) is 9.97 Å². The van der Waals surface area contributed by atoms with Crippen molar-refractivity contribution >= 4 is 17.9 Å². The van der Waals surface area contributed by atoms with Crippen LogP contribution in [0.3, 0.4) is 0 Å². The van der Waals surface area contributed by atoms with Gasteiger partial charge in [0.1, 0.15) is 23.9 Å². The van der Waals surface area contributed by atoms with Gasteiger partial charge in [0.2, 0.25) is 11.8 Å². The molecule has 3 unspecified atom stereocenters. The minimum absolute atomic E-state index is 0.101. The highest BCUT2D eigenvalue weighted by Crippen LogP contribution is 2.29. The lowest BCUT2D eigenvalue weighted by Crippen LogP contribution is -2.53. The molecule has 1 fully saturated rings. The monoisotopic (exact) mass is 657 g/mol. The Hall–Kier alpha value is -5.13. The molecular weight excluding hydrogens is 614 g/mol. The zero-order valence-electron chi connectivity index (χ0n) is 27.4. The topological polar surface area (TPSA) is 143 Å². The molecule has 1 saturated heterocycles. The van der Waals surface area contributed by atoms with Gasteiger partial charge in [-0.15, -0.1) is 0 Å². The van der Waals surface area contributed by atoms with Crippen LogP contribution in [-0.4, -0.2) is 88.3 Å².